The number of carbonyl (C=O) groups excluding carboxylic acids is 1. The lowest BCUT2D eigenvalue weighted by Gasteiger charge is -2.09. The van der Waals surface area contributed by atoms with Crippen LogP contribution in [0.3, 0.4) is 0 Å². The monoisotopic (exact) mass is 296 g/mol. The van der Waals surface area contributed by atoms with Crippen LogP contribution in [0, 0.1) is 6.92 Å². The number of nitrogens with two attached hydrogens (primary N) is 1. The van der Waals surface area contributed by atoms with E-state index in [0.717, 1.165) is 5.56 Å². The van der Waals surface area contributed by atoms with Gasteiger partial charge in [0.25, 0.3) is 5.91 Å². The normalized spacial score (nSPS) is 10.3. The number of benzene rings is 1. The Hall–Kier alpha value is -1.78. The van der Waals surface area contributed by atoms with Gasteiger partial charge in [-0.15, -0.1) is 0 Å². The van der Waals surface area contributed by atoms with Gasteiger partial charge in [0.05, 0.1) is 5.02 Å². The van der Waals surface area contributed by atoms with Crippen LogP contribution in [0.15, 0.2) is 30.5 Å². The Bertz CT molecular complexity index is 624. The zero-order valence-corrected chi connectivity index (χ0v) is 11.5. The Balaban J connectivity index is 2.40. The van der Waals surface area contributed by atoms with E-state index in [2.05, 4.69) is 4.98 Å². The van der Waals surface area contributed by atoms with Gasteiger partial charge in [0.2, 0.25) is 5.88 Å². The van der Waals surface area contributed by atoms with Crippen LogP contribution in [0.1, 0.15) is 15.9 Å². The first-order valence-electron chi connectivity index (χ1n) is 5.36. The third kappa shape index (κ3) is 3.36. The van der Waals surface area contributed by atoms with E-state index < -0.39 is 5.91 Å². The van der Waals surface area contributed by atoms with Crippen molar-refractivity contribution < 1.29 is 9.53 Å². The van der Waals surface area contributed by atoms with Crippen LogP contribution in [0.5, 0.6) is 11.6 Å². The van der Waals surface area contributed by atoms with E-state index in [1.807, 2.05) is 6.92 Å². The fourth-order valence-electron chi connectivity index (χ4n) is 1.56. The Labute approximate surface area is 120 Å². The van der Waals surface area contributed by atoms with E-state index >= 15 is 0 Å². The van der Waals surface area contributed by atoms with E-state index in [0.29, 0.717) is 15.8 Å². The minimum absolute atomic E-state index is 0.0959. The molecule has 2 aromatic rings. The van der Waals surface area contributed by atoms with Crippen LogP contribution in [0.4, 0.5) is 0 Å². The maximum atomic E-state index is 11.3. The minimum atomic E-state index is -0.663. The molecule has 0 spiro atoms. The van der Waals surface area contributed by atoms with Crippen LogP contribution < -0.4 is 10.5 Å². The van der Waals surface area contributed by atoms with Crippen molar-refractivity contribution in [2.45, 2.75) is 6.92 Å². The second-order valence-electron chi connectivity index (χ2n) is 3.94. The van der Waals surface area contributed by atoms with Crippen LogP contribution in [-0.4, -0.2) is 10.9 Å². The molecule has 0 aliphatic rings. The quantitative estimate of drug-likeness (QED) is 0.941. The zero-order chi connectivity index (χ0) is 14.0. The zero-order valence-electron chi connectivity index (χ0n) is 9.98. The number of nitrogens with zero attached hydrogens (tertiary/aromatic N) is 1. The van der Waals surface area contributed by atoms with Crippen molar-refractivity contribution in [3.63, 3.8) is 0 Å². The Morgan fingerprint density at radius 1 is 1.21 bits per heavy atom. The summed E-state index contributed by atoms with van der Waals surface area (Å²) in [6.45, 7) is 1.88. The number of aromatic nitrogens is 1. The van der Waals surface area contributed by atoms with Crippen LogP contribution >= 0.6 is 23.2 Å². The van der Waals surface area contributed by atoms with E-state index in [1.165, 1.54) is 12.3 Å². The van der Waals surface area contributed by atoms with Gasteiger partial charge >= 0.3 is 0 Å². The first kappa shape index (κ1) is 13.6. The number of hydrogen-bond donors (Lipinski definition) is 1. The van der Waals surface area contributed by atoms with E-state index in [1.54, 1.807) is 18.2 Å². The molecule has 0 radical (unpaired) electrons. The lowest BCUT2D eigenvalue weighted by molar-refractivity contribution is 0.0997. The highest BCUT2D eigenvalue weighted by Crippen LogP contribution is 2.28. The highest BCUT2D eigenvalue weighted by atomic mass is 35.5. The maximum absolute atomic E-state index is 11.3. The summed E-state index contributed by atoms with van der Waals surface area (Å²) in [5.74, 6) is -0.0929. The number of carbonyl (C=O) groups is 1. The average molecular weight is 297 g/mol. The first-order chi connectivity index (χ1) is 8.95. The number of pyridine rings is 1. The molecule has 1 heterocycles. The second-order valence-corrected chi connectivity index (χ2v) is 4.81. The molecule has 2 N–H and O–H groups in total. The molecule has 0 saturated heterocycles. The summed E-state index contributed by atoms with van der Waals surface area (Å²) in [6.07, 6.45) is 1.38. The van der Waals surface area contributed by atoms with E-state index in [-0.39, 0.29) is 11.4 Å². The van der Waals surface area contributed by atoms with Gasteiger partial charge in [0, 0.05) is 11.2 Å². The lowest BCUT2D eigenvalue weighted by Crippen LogP contribution is -2.13. The minimum Gasteiger partial charge on any atom is -0.438 e. The van der Waals surface area contributed by atoms with Gasteiger partial charge in [-0.05, 0) is 36.8 Å². The average Bonchev–Trinajstić information content (AvgIpc) is 2.30. The molecule has 19 heavy (non-hydrogen) atoms. The standard InChI is InChI=1S/C13H10Cl2N2O2/c1-7-2-8(14)4-10(3-7)19-13-11(12(16)18)5-9(15)6-17-13/h2-6H,1H3,(H2,16,18). The number of hydrogen-bond acceptors (Lipinski definition) is 3. The fraction of sp³-hybridized carbons (Fsp3) is 0.0769. The van der Waals surface area contributed by atoms with Crippen molar-refractivity contribution in [2.75, 3.05) is 0 Å². The molecule has 0 bridgehead atoms. The lowest BCUT2D eigenvalue weighted by atomic mass is 10.2. The van der Waals surface area contributed by atoms with Gasteiger partial charge in [-0.2, -0.15) is 0 Å². The largest absolute Gasteiger partial charge is 0.438 e. The second kappa shape index (κ2) is 5.47. The third-order valence-corrected chi connectivity index (χ3v) is 2.74. The number of amides is 1. The van der Waals surface area contributed by atoms with E-state index in [9.17, 15) is 4.79 Å². The molecule has 0 unspecified atom stereocenters. The Morgan fingerprint density at radius 3 is 2.58 bits per heavy atom. The summed E-state index contributed by atoms with van der Waals surface area (Å²) in [6, 6.07) is 6.59. The third-order valence-electron chi connectivity index (χ3n) is 2.31. The summed E-state index contributed by atoms with van der Waals surface area (Å²) in [7, 11) is 0. The molecule has 0 saturated carbocycles. The molecular formula is C13H10Cl2N2O2. The van der Waals surface area contributed by atoms with Gasteiger partial charge in [-0.1, -0.05) is 23.2 Å². The molecule has 0 aliphatic carbocycles. The summed E-state index contributed by atoms with van der Waals surface area (Å²) in [5, 5.41) is 0.841. The molecule has 4 nitrogen and oxygen atoms in total. The number of ether oxygens (including phenoxy) is 1. The molecule has 2 rings (SSSR count). The molecular weight excluding hydrogens is 287 g/mol. The smallest absolute Gasteiger partial charge is 0.254 e. The molecule has 1 aromatic carbocycles. The van der Waals surface area contributed by atoms with Crippen molar-refractivity contribution in [3.05, 3.63) is 51.6 Å². The number of aryl methyl sites for hydroxylation is 1. The molecule has 6 heteroatoms. The fourth-order valence-corrected chi connectivity index (χ4v) is 2.00. The van der Waals surface area contributed by atoms with Crippen molar-refractivity contribution in [1.29, 1.82) is 0 Å². The number of halogens is 2. The van der Waals surface area contributed by atoms with Gasteiger partial charge in [0.15, 0.2) is 0 Å². The summed E-state index contributed by atoms with van der Waals surface area (Å²) in [4.78, 5) is 15.3. The molecule has 0 aliphatic heterocycles. The molecule has 1 aromatic heterocycles. The highest BCUT2D eigenvalue weighted by molar-refractivity contribution is 6.31. The molecule has 0 fully saturated rings. The number of primary amides is 1. The highest BCUT2D eigenvalue weighted by Gasteiger charge is 2.13. The molecule has 98 valence electrons. The van der Waals surface area contributed by atoms with Crippen molar-refractivity contribution >= 4 is 29.1 Å². The Morgan fingerprint density at radius 2 is 1.95 bits per heavy atom. The Kier molecular flexibility index (Phi) is 3.93. The van der Waals surface area contributed by atoms with Crippen molar-refractivity contribution in [1.82, 2.24) is 4.98 Å². The first-order valence-corrected chi connectivity index (χ1v) is 6.11. The summed E-state index contributed by atoms with van der Waals surface area (Å²) >= 11 is 11.7. The predicted molar refractivity (Wildman–Crippen MR) is 74.0 cm³/mol. The van der Waals surface area contributed by atoms with Crippen LogP contribution in [0.25, 0.3) is 0 Å². The molecule has 0 atom stereocenters. The van der Waals surface area contributed by atoms with Crippen LogP contribution in [-0.2, 0) is 0 Å². The summed E-state index contributed by atoms with van der Waals surface area (Å²) in [5.41, 5.74) is 6.30. The van der Waals surface area contributed by atoms with Crippen molar-refractivity contribution in [2.24, 2.45) is 5.73 Å². The van der Waals surface area contributed by atoms with Gasteiger partial charge in [-0.3, -0.25) is 4.79 Å². The molecule has 1 amide bonds. The number of rotatable bonds is 3. The van der Waals surface area contributed by atoms with Gasteiger partial charge < -0.3 is 10.5 Å². The van der Waals surface area contributed by atoms with Gasteiger partial charge in [0.1, 0.15) is 11.3 Å². The summed E-state index contributed by atoms with van der Waals surface area (Å²) < 4.78 is 5.53. The van der Waals surface area contributed by atoms with Crippen molar-refractivity contribution in [3.8, 4) is 11.6 Å². The SMILES string of the molecule is Cc1cc(Cl)cc(Oc2ncc(Cl)cc2C(N)=O)c1. The predicted octanol–water partition coefficient (Wildman–Crippen LogP) is 3.59. The maximum Gasteiger partial charge on any atom is 0.254 e. The van der Waals surface area contributed by atoms with Gasteiger partial charge in [-0.25, -0.2) is 4.98 Å². The van der Waals surface area contributed by atoms with E-state index in [4.69, 9.17) is 33.7 Å². The topological polar surface area (TPSA) is 65.2 Å². The van der Waals surface area contributed by atoms with Crippen LogP contribution in [0.2, 0.25) is 10.0 Å².